The Bertz CT molecular complexity index is 728. The fourth-order valence-corrected chi connectivity index (χ4v) is 2.45. The molecule has 2 N–H and O–H groups in total. The lowest BCUT2D eigenvalue weighted by Crippen LogP contribution is -2.10. The Morgan fingerprint density at radius 2 is 2.00 bits per heavy atom. The number of benzene rings is 2. The molecular formula is C17H19N3. The molecule has 2 aromatic carbocycles. The van der Waals surface area contributed by atoms with Crippen molar-refractivity contribution in [3.63, 3.8) is 0 Å². The zero-order valence-corrected chi connectivity index (χ0v) is 11.9. The van der Waals surface area contributed by atoms with Crippen molar-refractivity contribution < 1.29 is 0 Å². The maximum atomic E-state index is 4.69. The van der Waals surface area contributed by atoms with Crippen molar-refractivity contribution in [2.75, 3.05) is 13.6 Å². The van der Waals surface area contributed by atoms with E-state index in [0.29, 0.717) is 0 Å². The highest BCUT2D eigenvalue weighted by Gasteiger charge is 2.07. The molecule has 1 aromatic heterocycles. The van der Waals surface area contributed by atoms with Crippen LogP contribution in [0.3, 0.4) is 0 Å². The maximum absolute atomic E-state index is 4.69. The predicted molar refractivity (Wildman–Crippen MR) is 83.9 cm³/mol. The first kappa shape index (κ1) is 12.9. The first-order chi connectivity index (χ1) is 9.78. The van der Waals surface area contributed by atoms with Gasteiger partial charge in [-0.15, -0.1) is 0 Å². The maximum Gasteiger partial charge on any atom is 0.138 e. The van der Waals surface area contributed by atoms with E-state index in [4.69, 9.17) is 4.98 Å². The quantitative estimate of drug-likeness (QED) is 0.760. The second-order valence-electron chi connectivity index (χ2n) is 5.11. The molecule has 0 unspecified atom stereocenters. The number of aryl methyl sites for hydroxylation is 1. The van der Waals surface area contributed by atoms with Gasteiger partial charge in [0, 0.05) is 5.56 Å². The molecule has 0 aliphatic rings. The van der Waals surface area contributed by atoms with Gasteiger partial charge >= 0.3 is 0 Å². The molecular weight excluding hydrogens is 246 g/mol. The lowest BCUT2D eigenvalue weighted by molar-refractivity contribution is 0.792. The van der Waals surface area contributed by atoms with E-state index < -0.39 is 0 Å². The van der Waals surface area contributed by atoms with Gasteiger partial charge in [-0.2, -0.15) is 0 Å². The largest absolute Gasteiger partial charge is 0.338 e. The van der Waals surface area contributed by atoms with Crippen LogP contribution < -0.4 is 5.32 Å². The molecule has 0 atom stereocenters. The third-order valence-electron chi connectivity index (χ3n) is 3.61. The third kappa shape index (κ3) is 2.45. The van der Waals surface area contributed by atoms with Crippen molar-refractivity contribution in [2.45, 2.75) is 13.3 Å². The van der Waals surface area contributed by atoms with E-state index in [1.54, 1.807) is 0 Å². The molecule has 3 heteroatoms. The summed E-state index contributed by atoms with van der Waals surface area (Å²) in [6.07, 6.45) is 1.03. The number of imidazole rings is 1. The summed E-state index contributed by atoms with van der Waals surface area (Å²) < 4.78 is 0. The highest BCUT2D eigenvalue weighted by Crippen LogP contribution is 2.23. The van der Waals surface area contributed by atoms with Crippen LogP contribution in [0.2, 0.25) is 0 Å². The molecule has 0 saturated heterocycles. The fourth-order valence-electron chi connectivity index (χ4n) is 2.45. The summed E-state index contributed by atoms with van der Waals surface area (Å²) in [5.41, 5.74) is 5.86. The highest BCUT2D eigenvalue weighted by atomic mass is 14.9. The SMILES string of the molecule is CNCCc1ccc2nc(-c3ccccc3C)[nH]c2c1. The zero-order chi connectivity index (χ0) is 13.9. The molecule has 0 amide bonds. The molecule has 20 heavy (non-hydrogen) atoms. The Kier molecular flexibility index (Phi) is 3.52. The lowest BCUT2D eigenvalue weighted by atomic mass is 10.1. The minimum atomic E-state index is 0.948. The summed E-state index contributed by atoms with van der Waals surface area (Å²) in [6, 6.07) is 14.8. The minimum Gasteiger partial charge on any atom is -0.338 e. The Balaban J connectivity index is 2.00. The normalized spacial score (nSPS) is 11.1. The summed E-state index contributed by atoms with van der Waals surface area (Å²) >= 11 is 0. The molecule has 3 aromatic rings. The van der Waals surface area contributed by atoms with Crippen LogP contribution in [-0.2, 0) is 6.42 Å². The summed E-state index contributed by atoms with van der Waals surface area (Å²) in [5, 5.41) is 3.18. The van der Waals surface area contributed by atoms with Gasteiger partial charge in [-0.1, -0.05) is 30.3 Å². The summed E-state index contributed by atoms with van der Waals surface area (Å²) in [4.78, 5) is 8.13. The van der Waals surface area contributed by atoms with E-state index in [-0.39, 0.29) is 0 Å². The fraction of sp³-hybridized carbons (Fsp3) is 0.235. The molecule has 0 aliphatic carbocycles. The molecule has 102 valence electrons. The topological polar surface area (TPSA) is 40.7 Å². The third-order valence-corrected chi connectivity index (χ3v) is 3.61. The van der Waals surface area contributed by atoms with E-state index in [1.165, 1.54) is 16.7 Å². The summed E-state index contributed by atoms with van der Waals surface area (Å²) in [7, 11) is 1.98. The van der Waals surface area contributed by atoms with E-state index in [0.717, 1.165) is 29.8 Å². The molecule has 1 heterocycles. The molecule has 3 nitrogen and oxygen atoms in total. The van der Waals surface area contributed by atoms with Gasteiger partial charge in [-0.3, -0.25) is 0 Å². The average Bonchev–Trinajstić information content (AvgIpc) is 2.88. The summed E-state index contributed by atoms with van der Waals surface area (Å²) in [5.74, 6) is 0.948. The number of aromatic nitrogens is 2. The van der Waals surface area contributed by atoms with Crippen LogP contribution in [0.1, 0.15) is 11.1 Å². The van der Waals surface area contributed by atoms with E-state index in [9.17, 15) is 0 Å². The second-order valence-corrected chi connectivity index (χ2v) is 5.11. The first-order valence-corrected chi connectivity index (χ1v) is 6.97. The average molecular weight is 265 g/mol. The van der Waals surface area contributed by atoms with Gasteiger partial charge in [0.05, 0.1) is 11.0 Å². The van der Waals surface area contributed by atoms with Gasteiger partial charge in [-0.25, -0.2) is 4.98 Å². The predicted octanol–water partition coefficient (Wildman–Crippen LogP) is 3.30. The van der Waals surface area contributed by atoms with Crippen LogP contribution in [0.5, 0.6) is 0 Å². The van der Waals surface area contributed by atoms with Crippen molar-refractivity contribution >= 4 is 11.0 Å². The van der Waals surface area contributed by atoms with Crippen molar-refractivity contribution in [3.8, 4) is 11.4 Å². The smallest absolute Gasteiger partial charge is 0.138 e. The number of nitrogens with zero attached hydrogens (tertiary/aromatic N) is 1. The monoisotopic (exact) mass is 265 g/mol. The van der Waals surface area contributed by atoms with Gasteiger partial charge in [0.15, 0.2) is 0 Å². The van der Waals surface area contributed by atoms with Crippen molar-refractivity contribution in [1.29, 1.82) is 0 Å². The lowest BCUT2D eigenvalue weighted by Gasteiger charge is -2.00. The van der Waals surface area contributed by atoms with Gasteiger partial charge in [0.25, 0.3) is 0 Å². The number of rotatable bonds is 4. The van der Waals surface area contributed by atoms with Crippen LogP contribution in [-0.4, -0.2) is 23.6 Å². The van der Waals surface area contributed by atoms with Crippen molar-refractivity contribution in [3.05, 3.63) is 53.6 Å². The van der Waals surface area contributed by atoms with Crippen LogP contribution in [0, 0.1) is 6.92 Å². The standard InChI is InChI=1S/C17H19N3/c1-12-5-3-4-6-14(12)17-19-15-8-7-13(9-10-18-2)11-16(15)20-17/h3-8,11,18H,9-10H2,1-2H3,(H,19,20). The van der Waals surface area contributed by atoms with Gasteiger partial charge in [0.1, 0.15) is 5.82 Å². The number of likely N-dealkylation sites (N-methyl/N-ethyl adjacent to an activating group) is 1. The number of hydrogen-bond donors (Lipinski definition) is 2. The van der Waals surface area contributed by atoms with Crippen molar-refractivity contribution in [1.82, 2.24) is 15.3 Å². The Labute approximate surface area is 119 Å². The van der Waals surface area contributed by atoms with Crippen LogP contribution in [0.4, 0.5) is 0 Å². The van der Waals surface area contributed by atoms with Crippen molar-refractivity contribution in [2.24, 2.45) is 0 Å². The number of aromatic amines is 1. The first-order valence-electron chi connectivity index (χ1n) is 6.97. The number of hydrogen-bond acceptors (Lipinski definition) is 2. The van der Waals surface area contributed by atoms with E-state index >= 15 is 0 Å². The van der Waals surface area contributed by atoms with Crippen LogP contribution in [0.25, 0.3) is 22.4 Å². The molecule has 0 bridgehead atoms. The van der Waals surface area contributed by atoms with Gasteiger partial charge in [-0.05, 0) is 50.2 Å². The van der Waals surface area contributed by atoms with Crippen LogP contribution in [0.15, 0.2) is 42.5 Å². The molecule has 0 radical (unpaired) electrons. The van der Waals surface area contributed by atoms with E-state index in [1.807, 2.05) is 13.1 Å². The zero-order valence-electron chi connectivity index (χ0n) is 11.9. The Morgan fingerprint density at radius 3 is 2.80 bits per heavy atom. The molecule has 3 rings (SSSR count). The number of nitrogens with one attached hydrogen (secondary N) is 2. The Hall–Kier alpha value is -2.13. The molecule has 0 aliphatic heterocycles. The molecule has 0 spiro atoms. The number of fused-ring (bicyclic) bond motifs is 1. The second kappa shape index (κ2) is 5.47. The van der Waals surface area contributed by atoms with Gasteiger partial charge in [0.2, 0.25) is 0 Å². The minimum absolute atomic E-state index is 0.948. The molecule has 0 saturated carbocycles. The number of H-pyrrole nitrogens is 1. The summed E-state index contributed by atoms with van der Waals surface area (Å²) in [6.45, 7) is 3.10. The highest BCUT2D eigenvalue weighted by molar-refractivity contribution is 5.80. The Morgan fingerprint density at radius 1 is 1.15 bits per heavy atom. The van der Waals surface area contributed by atoms with E-state index in [2.05, 4.69) is 53.6 Å². The molecule has 0 fully saturated rings. The van der Waals surface area contributed by atoms with Crippen LogP contribution >= 0.6 is 0 Å². The van der Waals surface area contributed by atoms with Gasteiger partial charge < -0.3 is 10.3 Å².